The summed E-state index contributed by atoms with van der Waals surface area (Å²) >= 11 is 0. The number of carboxylic acids is 1. The SMILES string of the molecule is O=C(O)Cc1ccc(C[N+]23CCN(CC2)CC3)cc1. The third kappa shape index (κ3) is 2.80. The first kappa shape index (κ1) is 12.6. The van der Waals surface area contributed by atoms with E-state index in [1.165, 1.54) is 49.3 Å². The Kier molecular flexibility index (Phi) is 3.29. The van der Waals surface area contributed by atoms with Gasteiger partial charge in [0.05, 0.1) is 26.1 Å². The Hall–Kier alpha value is -1.39. The second kappa shape index (κ2) is 4.94. The van der Waals surface area contributed by atoms with Gasteiger partial charge in [0.2, 0.25) is 0 Å². The molecule has 4 nitrogen and oxygen atoms in total. The predicted octanol–water partition coefficient (Wildman–Crippen LogP) is 0.960. The first-order chi connectivity index (χ1) is 9.15. The molecule has 4 heteroatoms. The molecule has 1 aromatic carbocycles. The Labute approximate surface area is 113 Å². The number of fused-ring (bicyclic) bond motifs is 3. The molecule has 3 heterocycles. The maximum Gasteiger partial charge on any atom is 0.307 e. The summed E-state index contributed by atoms with van der Waals surface area (Å²) in [6, 6.07) is 8.13. The van der Waals surface area contributed by atoms with Crippen LogP contribution in [0, 0.1) is 0 Å². The number of carbonyl (C=O) groups is 1. The maximum absolute atomic E-state index is 10.7. The highest BCUT2D eigenvalue weighted by Crippen LogP contribution is 2.23. The Balaban J connectivity index is 1.67. The van der Waals surface area contributed by atoms with Crippen molar-refractivity contribution in [3.8, 4) is 0 Å². The summed E-state index contributed by atoms with van der Waals surface area (Å²) in [5, 5.41) is 8.77. The van der Waals surface area contributed by atoms with E-state index in [0.29, 0.717) is 0 Å². The molecular weight excluding hydrogens is 240 g/mol. The fourth-order valence-corrected chi connectivity index (χ4v) is 3.29. The van der Waals surface area contributed by atoms with Crippen LogP contribution in [0.5, 0.6) is 0 Å². The number of carboxylic acid groups (broad SMARTS) is 1. The molecule has 0 aliphatic carbocycles. The number of hydrogen-bond donors (Lipinski definition) is 1. The smallest absolute Gasteiger partial charge is 0.307 e. The molecule has 1 aromatic rings. The van der Waals surface area contributed by atoms with Crippen LogP contribution in [0.2, 0.25) is 0 Å². The molecule has 19 heavy (non-hydrogen) atoms. The molecular formula is C15H21N2O2+. The van der Waals surface area contributed by atoms with E-state index >= 15 is 0 Å². The van der Waals surface area contributed by atoms with Crippen LogP contribution in [0.3, 0.4) is 0 Å². The van der Waals surface area contributed by atoms with E-state index in [1.807, 2.05) is 12.1 Å². The lowest BCUT2D eigenvalue weighted by molar-refractivity contribution is -0.953. The lowest BCUT2D eigenvalue weighted by atomic mass is 10.1. The molecule has 0 spiro atoms. The summed E-state index contributed by atoms with van der Waals surface area (Å²) in [6.45, 7) is 8.58. The first-order valence-electron chi connectivity index (χ1n) is 7.02. The van der Waals surface area contributed by atoms with Crippen LogP contribution >= 0.6 is 0 Å². The topological polar surface area (TPSA) is 40.5 Å². The molecule has 3 saturated heterocycles. The average Bonchev–Trinajstić information content (AvgIpc) is 2.42. The third-order valence-electron chi connectivity index (χ3n) is 4.57. The van der Waals surface area contributed by atoms with E-state index in [1.54, 1.807) is 0 Å². The van der Waals surface area contributed by atoms with Gasteiger partial charge in [-0.2, -0.15) is 0 Å². The van der Waals surface area contributed by atoms with Crippen molar-refractivity contribution in [3.05, 3.63) is 35.4 Å². The number of rotatable bonds is 4. The molecule has 0 saturated carbocycles. The standard InChI is InChI=1S/C15H20N2O2/c18-15(19)11-13-1-3-14(4-2-13)12-17-8-5-16(6-9-17)7-10-17/h1-4H,5-12H2/p+1. The van der Waals surface area contributed by atoms with Gasteiger partial charge in [0.25, 0.3) is 0 Å². The monoisotopic (exact) mass is 261 g/mol. The van der Waals surface area contributed by atoms with Crippen molar-refractivity contribution in [2.24, 2.45) is 0 Å². The van der Waals surface area contributed by atoms with Crippen molar-refractivity contribution in [2.45, 2.75) is 13.0 Å². The Bertz CT molecular complexity index is 448. The zero-order valence-electron chi connectivity index (χ0n) is 11.2. The van der Waals surface area contributed by atoms with Gasteiger partial charge in [-0.05, 0) is 5.56 Å². The van der Waals surface area contributed by atoms with Gasteiger partial charge in [-0.25, -0.2) is 0 Å². The molecule has 4 rings (SSSR count). The second-order valence-electron chi connectivity index (χ2n) is 5.90. The fraction of sp³-hybridized carbons (Fsp3) is 0.533. The van der Waals surface area contributed by atoms with E-state index in [-0.39, 0.29) is 6.42 Å². The van der Waals surface area contributed by atoms with Gasteiger partial charge >= 0.3 is 5.97 Å². The number of hydrogen-bond acceptors (Lipinski definition) is 2. The van der Waals surface area contributed by atoms with Crippen LogP contribution in [0.4, 0.5) is 0 Å². The van der Waals surface area contributed by atoms with Gasteiger partial charge in [0, 0.05) is 25.2 Å². The van der Waals surface area contributed by atoms with Crippen LogP contribution in [-0.2, 0) is 17.8 Å². The first-order valence-corrected chi connectivity index (χ1v) is 7.02. The minimum atomic E-state index is -0.762. The highest BCUT2D eigenvalue weighted by atomic mass is 16.4. The molecule has 0 amide bonds. The van der Waals surface area contributed by atoms with Gasteiger partial charge in [0.1, 0.15) is 6.54 Å². The van der Waals surface area contributed by atoms with Gasteiger partial charge in [-0.1, -0.05) is 24.3 Å². The van der Waals surface area contributed by atoms with Gasteiger partial charge in [-0.15, -0.1) is 0 Å². The second-order valence-corrected chi connectivity index (χ2v) is 5.90. The summed E-state index contributed by atoms with van der Waals surface area (Å²) in [4.78, 5) is 13.2. The Morgan fingerprint density at radius 1 is 1.05 bits per heavy atom. The molecule has 0 radical (unpaired) electrons. The molecule has 102 valence electrons. The molecule has 3 fully saturated rings. The van der Waals surface area contributed by atoms with Crippen LogP contribution in [0.15, 0.2) is 24.3 Å². The van der Waals surface area contributed by atoms with Crippen molar-refractivity contribution in [1.29, 1.82) is 0 Å². The third-order valence-corrected chi connectivity index (χ3v) is 4.57. The van der Waals surface area contributed by atoms with Gasteiger partial charge < -0.3 is 9.59 Å². The van der Waals surface area contributed by atoms with Crippen molar-refractivity contribution >= 4 is 5.97 Å². The molecule has 1 N–H and O–H groups in total. The molecule has 0 unspecified atom stereocenters. The number of aliphatic carboxylic acids is 1. The van der Waals surface area contributed by atoms with Crippen molar-refractivity contribution < 1.29 is 14.4 Å². The minimum Gasteiger partial charge on any atom is -0.481 e. The van der Waals surface area contributed by atoms with Crippen LogP contribution < -0.4 is 0 Å². The minimum absolute atomic E-state index is 0.120. The molecule has 3 aliphatic rings. The van der Waals surface area contributed by atoms with Crippen molar-refractivity contribution in [3.63, 3.8) is 0 Å². The van der Waals surface area contributed by atoms with Crippen LogP contribution in [-0.4, -0.2) is 59.7 Å². The molecule has 0 aromatic heterocycles. The summed E-state index contributed by atoms with van der Waals surface area (Å²) in [7, 11) is 0. The van der Waals surface area contributed by atoms with E-state index in [0.717, 1.165) is 12.1 Å². The van der Waals surface area contributed by atoms with E-state index in [2.05, 4.69) is 17.0 Å². The largest absolute Gasteiger partial charge is 0.481 e. The van der Waals surface area contributed by atoms with E-state index in [4.69, 9.17) is 5.11 Å². The Morgan fingerprint density at radius 2 is 1.58 bits per heavy atom. The van der Waals surface area contributed by atoms with Crippen LogP contribution in [0.1, 0.15) is 11.1 Å². The fourth-order valence-electron chi connectivity index (χ4n) is 3.29. The number of piperazine rings is 3. The van der Waals surface area contributed by atoms with E-state index in [9.17, 15) is 4.79 Å². The number of quaternary nitrogens is 1. The van der Waals surface area contributed by atoms with Crippen molar-refractivity contribution in [1.82, 2.24) is 4.90 Å². The Morgan fingerprint density at radius 3 is 2.11 bits per heavy atom. The van der Waals surface area contributed by atoms with Gasteiger partial charge in [0.15, 0.2) is 0 Å². The molecule has 2 bridgehead atoms. The summed E-state index contributed by atoms with van der Waals surface area (Å²) < 4.78 is 1.22. The highest BCUT2D eigenvalue weighted by Gasteiger charge is 2.38. The van der Waals surface area contributed by atoms with Gasteiger partial charge in [-0.3, -0.25) is 9.69 Å². The lowest BCUT2D eigenvalue weighted by Gasteiger charge is -2.50. The normalized spacial score (nSPS) is 29.4. The zero-order valence-corrected chi connectivity index (χ0v) is 11.2. The number of benzene rings is 1. The summed E-state index contributed by atoms with van der Waals surface area (Å²) in [5.74, 6) is -0.762. The lowest BCUT2D eigenvalue weighted by Crippen LogP contribution is -2.66. The van der Waals surface area contributed by atoms with Crippen molar-refractivity contribution in [2.75, 3.05) is 39.3 Å². The summed E-state index contributed by atoms with van der Waals surface area (Å²) in [5.41, 5.74) is 2.23. The predicted molar refractivity (Wildman–Crippen MR) is 72.8 cm³/mol. The highest BCUT2D eigenvalue weighted by molar-refractivity contribution is 5.70. The quantitative estimate of drug-likeness (QED) is 0.821. The molecule has 3 aliphatic heterocycles. The average molecular weight is 261 g/mol. The number of nitrogens with zero attached hydrogens (tertiary/aromatic N) is 2. The zero-order chi connectivity index (χ0) is 13.3. The molecule has 0 atom stereocenters. The van der Waals surface area contributed by atoms with E-state index < -0.39 is 5.97 Å². The summed E-state index contributed by atoms with van der Waals surface area (Å²) in [6.07, 6.45) is 0.120. The maximum atomic E-state index is 10.7. The van der Waals surface area contributed by atoms with Crippen LogP contribution in [0.25, 0.3) is 0 Å².